The van der Waals surface area contributed by atoms with E-state index in [1.54, 1.807) is 42.5 Å². The number of ether oxygens (including phenoxy) is 1. The molecule has 0 spiro atoms. The Morgan fingerprint density at radius 2 is 1.48 bits per heavy atom. The van der Waals surface area contributed by atoms with Gasteiger partial charge in [-0.1, -0.05) is 30.3 Å². The lowest BCUT2D eigenvalue weighted by atomic mass is 10.1. The maximum atomic E-state index is 12.7. The molecule has 2 amide bonds. The van der Waals surface area contributed by atoms with Crippen molar-refractivity contribution >= 4 is 27.6 Å². The van der Waals surface area contributed by atoms with Crippen LogP contribution in [0.5, 0.6) is 5.75 Å². The summed E-state index contributed by atoms with van der Waals surface area (Å²) in [5, 5.41) is 0. The molecule has 0 unspecified atom stereocenters. The third kappa shape index (κ3) is 4.06. The first kappa shape index (κ1) is 18.8. The van der Waals surface area contributed by atoms with Crippen LogP contribution < -0.4 is 4.74 Å². The molecule has 0 bridgehead atoms. The van der Waals surface area contributed by atoms with Crippen molar-refractivity contribution < 1.29 is 27.5 Å². The molecule has 0 saturated heterocycles. The number of carbonyl (C=O) groups excluding carboxylic acids is 3. The van der Waals surface area contributed by atoms with E-state index in [4.69, 9.17) is 4.74 Å². The molecule has 2 aromatic rings. The molecule has 27 heavy (non-hydrogen) atoms. The Labute approximate surface area is 156 Å². The van der Waals surface area contributed by atoms with Crippen LogP contribution in [0.3, 0.4) is 0 Å². The molecule has 8 heteroatoms. The maximum Gasteiger partial charge on any atom is 0.334 e. The molecule has 1 aliphatic heterocycles. The lowest BCUT2D eigenvalue weighted by molar-refractivity contribution is -0.138. The molecule has 1 atom stereocenters. The van der Waals surface area contributed by atoms with Gasteiger partial charge in [-0.05, 0) is 30.7 Å². The zero-order valence-corrected chi connectivity index (χ0v) is 15.3. The Balaban J connectivity index is 1.91. The van der Waals surface area contributed by atoms with E-state index in [9.17, 15) is 22.8 Å². The van der Waals surface area contributed by atoms with Gasteiger partial charge in [0.2, 0.25) is 0 Å². The van der Waals surface area contributed by atoms with Gasteiger partial charge in [0.1, 0.15) is 21.6 Å². The SMILES string of the molecule is CS(=O)(=O)CC[C@H](C(=O)Oc1ccccc1)N1C(=O)c2ccccc2C1=O. The van der Waals surface area contributed by atoms with E-state index in [2.05, 4.69) is 0 Å². The minimum Gasteiger partial charge on any atom is -0.425 e. The third-order valence-corrected chi connectivity index (χ3v) is 5.11. The van der Waals surface area contributed by atoms with Gasteiger partial charge >= 0.3 is 5.97 Å². The van der Waals surface area contributed by atoms with Crippen LogP contribution >= 0.6 is 0 Å². The normalized spacial score (nSPS) is 14.8. The molecular formula is C19H17NO6S. The highest BCUT2D eigenvalue weighted by Gasteiger charge is 2.43. The highest BCUT2D eigenvalue weighted by molar-refractivity contribution is 7.90. The number of carbonyl (C=O) groups is 3. The Morgan fingerprint density at radius 1 is 0.963 bits per heavy atom. The molecule has 2 aromatic carbocycles. The van der Waals surface area contributed by atoms with E-state index in [0.29, 0.717) is 0 Å². The molecule has 140 valence electrons. The monoisotopic (exact) mass is 387 g/mol. The summed E-state index contributed by atoms with van der Waals surface area (Å²) in [6, 6.07) is 13.0. The molecule has 0 fully saturated rings. The summed E-state index contributed by atoms with van der Waals surface area (Å²) >= 11 is 0. The Hall–Kier alpha value is -3.00. The second-order valence-corrected chi connectivity index (χ2v) is 8.45. The van der Waals surface area contributed by atoms with Gasteiger partial charge in [0, 0.05) is 6.26 Å². The standard InChI is InChI=1S/C19H17NO6S/c1-27(24,25)12-11-16(19(23)26-13-7-3-2-4-8-13)20-17(21)14-9-5-6-10-15(14)18(20)22/h2-10,16H,11-12H2,1H3/t16-/m1/s1. The molecule has 0 saturated carbocycles. The summed E-state index contributed by atoms with van der Waals surface area (Å²) in [4.78, 5) is 38.8. The van der Waals surface area contributed by atoms with E-state index >= 15 is 0 Å². The molecule has 0 radical (unpaired) electrons. The van der Waals surface area contributed by atoms with Crippen LogP contribution in [0, 0.1) is 0 Å². The number of rotatable bonds is 6. The number of nitrogens with zero attached hydrogens (tertiary/aromatic N) is 1. The van der Waals surface area contributed by atoms with Gasteiger partial charge in [0.05, 0.1) is 16.9 Å². The maximum absolute atomic E-state index is 12.7. The van der Waals surface area contributed by atoms with Gasteiger partial charge in [-0.2, -0.15) is 0 Å². The van der Waals surface area contributed by atoms with Crippen molar-refractivity contribution in [2.75, 3.05) is 12.0 Å². The predicted octanol–water partition coefficient (Wildman–Crippen LogP) is 1.69. The molecule has 1 aliphatic rings. The topological polar surface area (TPSA) is 97.8 Å². The number of hydrogen-bond donors (Lipinski definition) is 0. The second kappa shape index (κ2) is 7.32. The zero-order chi connectivity index (χ0) is 19.6. The number of imide groups is 1. The first-order chi connectivity index (χ1) is 12.8. The zero-order valence-electron chi connectivity index (χ0n) is 14.5. The van der Waals surface area contributed by atoms with E-state index < -0.39 is 33.7 Å². The van der Waals surface area contributed by atoms with Gasteiger partial charge in [0.15, 0.2) is 0 Å². The first-order valence-electron chi connectivity index (χ1n) is 8.19. The van der Waals surface area contributed by atoms with Crippen molar-refractivity contribution in [3.8, 4) is 5.75 Å². The van der Waals surface area contributed by atoms with Crippen molar-refractivity contribution in [3.05, 3.63) is 65.7 Å². The summed E-state index contributed by atoms with van der Waals surface area (Å²) < 4.78 is 28.4. The second-order valence-electron chi connectivity index (χ2n) is 6.19. The largest absolute Gasteiger partial charge is 0.425 e. The van der Waals surface area contributed by atoms with E-state index in [1.807, 2.05) is 0 Å². The van der Waals surface area contributed by atoms with Crippen molar-refractivity contribution in [2.24, 2.45) is 0 Å². The molecule has 0 aromatic heterocycles. The summed E-state index contributed by atoms with van der Waals surface area (Å²) in [5.74, 6) is -2.27. The van der Waals surface area contributed by atoms with Gasteiger partial charge < -0.3 is 4.74 Å². The fourth-order valence-electron chi connectivity index (χ4n) is 2.84. The van der Waals surface area contributed by atoms with Gasteiger partial charge in [-0.25, -0.2) is 13.2 Å². The van der Waals surface area contributed by atoms with Crippen LogP contribution in [0.2, 0.25) is 0 Å². The van der Waals surface area contributed by atoms with Gasteiger partial charge in [0.25, 0.3) is 11.8 Å². The van der Waals surface area contributed by atoms with Crippen LogP contribution in [0.15, 0.2) is 54.6 Å². The van der Waals surface area contributed by atoms with E-state index in [1.165, 1.54) is 12.1 Å². The van der Waals surface area contributed by atoms with Crippen molar-refractivity contribution in [1.29, 1.82) is 0 Å². The molecule has 1 heterocycles. The van der Waals surface area contributed by atoms with Crippen LogP contribution in [0.1, 0.15) is 27.1 Å². The minimum absolute atomic E-state index is 0.180. The van der Waals surface area contributed by atoms with Crippen LogP contribution in [0.4, 0.5) is 0 Å². The molecule has 0 N–H and O–H groups in total. The Kier molecular flexibility index (Phi) is 5.09. The molecule has 3 rings (SSSR count). The highest BCUT2D eigenvalue weighted by Crippen LogP contribution is 2.26. The number of hydrogen-bond acceptors (Lipinski definition) is 6. The van der Waals surface area contributed by atoms with Crippen molar-refractivity contribution in [2.45, 2.75) is 12.5 Å². The van der Waals surface area contributed by atoms with Gasteiger partial charge in [-0.15, -0.1) is 0 Å². The number of para-hydroxylation sites is 1. The minimum atomic E-state index is -3.41. The fraction of sp³-hybridized carbons (Fsp3) is 0.211. The molecule has 7 nitrogen and oxygen atoms in total. The van der Waals surface area contributed by atoms with Gasteiger partial charge in [-0.3, -0.25) is 14.5 Å². The van der Waals surface area contributed by atoms with Crippen molar-refractivity contribution in [1.82, 2.24) is 4.90 Å². The predicted molar refractivity (Wildman–Crippen MR) is 97.1 cm³/mol. The van der Waals surface area contributed by atoms with Crippen molar-refractivity contribution in [3.63, 3.8) is 0 Å². The third-order valence-electron chi connectivity index (χ3n) is 4.13. The van der Waals surface area contributed by atoms with Crippen LogP contribution in [0.25, 0.3) is 0 Å². The number of benzene rings is 2. The van der Waals surface area contributed by atoms with E-state index in [0.717, 1.165) is 11.2 Å². The Morgan fingerprint density at radius 3 is 2.00 bits per heavy atom. The average molecular weight is 387 g/mol. The highest BCUT2D eigenvalue weighted by atomic mass is 32.2. The first-order valence-corrected chi connectivity index (χ1v) is 10.3. The fourth-order valence-corrected chi connectivity index (χ4v) is 3.49. The lowest BCUT2D eigenvalue weighted by Gasteiger charge is -2.24. The summed E-state index contributed by atoms with van der Waals surface area (Å²) in [6.45, 7) is 0. The molecular weight excluding hydrogens is 370 g/mol. The van der Waals surface area contributed by atoms with Crippen LogP contribution in [-0.4, -0.2) is 49.2 Å². The summed E-state index contributed by atoms with van der Waals surface area (Å²) in [5.41, 5.74) is 0.360. The smallest absolute Gasteiger partial charge is 0.334 e. The van der Waals surface area contributed by atoms with Crippen LogP contribution in [-0.2, 0) is 14.6 Å². The quantitative estimate of drug-likeness (QED) is 0.425. The number of esters is 1. The number of amides is 2. The average Bonchev–Trinajstić information content (AvgIpc) is 2.87. The van der Waals surface area contributed by atoms with E-state index in [-0.39, 0.29) is 29.1 Å². The summed E-state index contributed by atoms with van der Waals surface area (Å²) in [7, 11) is -3.41. The Bertz CT molecular complexity index is 965. The lowest BCUT2D eigenvalue weighted by Crippen LogP contribution is -2.47. The molecule has 0 aliphatic carbocycles. The number of fused-ring (bicyclic) bond motifs is 1. The summed E-state index contributed by atoms with van der Waals surface area (Å²) in [6.07, 6.45) is 0.783. The number of sulfone groups is 1.